The van der Waals surface area contributed by atoms with Crippen LogP contribution in [0.25, 0.3) is 0 Å². The van der Waals surface area contributed by atoms with Crippen LogP contribution in [0.2, 0.25) is 0 Å². The lowest BCUT2D eigenvalue weighted by Crippen LogP contribution is -2.44. The molecule has 0 amide bonds. The molecule has 1 aliphatic heterocycles. The van der Waals surface area contributed by atoms with E-state index in [1.807, 2.05) is 13.8 Å². The van der Waals surface area contributed by atoms with Gasteiger partial charge in [-0.1, -0.05) is 12.2 Å². The lowest BCUT2D eigenvalue weighted by molar-refractivity contribution is -0.123. The number of nitrogens with one attached hydrogen (secondary N) is 1. The molecule has 12 heavy (non-hydrogen) atoms. The molecule has 1 heterocycles. The summed E-state index contributed by atoms with van der Waals surface area (Å²) in [5.74, 6) is 0.285. The SMILES string of the molecule is C=C(C)CC(=O)C1(C)CCCN1. The van der Waals surface area contributed by atoms with Gasteiger partial charge in [0.25, 0.3) is 0 Å². The first-order valence-corrected chi connectivity index (χ1v) is 4.47. The highest BCUT2D eigenvalue weighted by Crippen LogP contribution is 2.22. The Kier molecular flexibility index (Phi) is 2.68. The van der Waals surface area contributed by atoms with Gasteiger partial charge in [-0.05, 0) is 33.2 Å². The van der Waals surface area contributed by atoms with E-state index in [9.17, 15) is 4.79 Å². The highest BCUT2D eigenvalue weighted by Gasteiger charge is 2.34. The minimum atomic E-state index is -0.265. The molecule has 1 N–H and O–H groups in total. The number of hydrogen-bond donors (Lipinski definition) is 1. The zero-order valence-corrected chi connectivity index (χ0v) is 7.94. The third-order valence-corrected chi connectivity index (χ3v) is 2.45. The Morgan fingerprint density at radius 2 is 2.33 bits per heavy atom. The number of rotatable bonds is 3. The van der Waals surface area contributed by atoms with Crippen molar-refractivity contribution < 1.29 is 4.79 Å². The predicted molar refractivity (Wildman–Crippen MR) is 50.1 cm³/mol. The van der Waals surface area contributed by atoms with Gasteiger partial charge in [0.15, 0.2) is 5.78 Å². The molecule has 0 aromatic heterocycles. The van der Waals surface area contributed by atoms with Gasteiger partial charge in [0.2, 0.25) is 0 Å². The van der Waals surface area contributed by atoms with E-state index in [-0.39, 0.29) is 11.3 Å². The van der Waals surface area contributed by atoms with Crippen LogP contribution in [0.4, 0.5) is 0 Å². The Morgan fingerprint density at radius 3 is 2.75 bits per heavy atom. The molecule has 1 saturated heterocycles. The van der Waals surface area contributed by atoms with E-state index in [0.717, 1.165) is 25.0 Å². The van der Waals surface area contributed by atoms with Crippen LogP contribution in [-0.2, 0) is 4.79 Å². The number of carbonyl (C=O) groups is 1. The third kappa shape index (κ3) is 1.95. The van der Waals surface area contributed by atoms with E-state index < -0.39 is 0 Å². The normalized spacial score (nSPS) is 28.8. The average Bonchev–Trinajstić information content (AvgIpc) is 2.36. The standard InChI is InChI=1S/C10H17NO/c1-8(2)7-9(12)10(3)5-4-6-11-10/h11H,1,4-7H2,2-3H3. The van der Waals surface area contributed by atoms with Crippen molar-refractivity contribution in [2.75, 3.05) is 6.54 Å². The van der Waals surface area contributed by atoms with Crippen molar-refractivity contribution in [3.8, 4) is 0 Å². The number of carbonyl (C=O) groups excluding carboxylic acids is 1. The quantitative estimate of drug-likeness (QED) is 0.648. The number of ketones is 1. The van der Waals surface area contributed by atoms with Crippen LogP contribution in [0.15, 0.2) is 12.2 Å². The van der Waals surface area contributed by atoms with Crippen molar-refractivity contribution in [3.05, 3.63) is 12.2 Å². The Balaban J connectivity index is 2.56. The van der Waals surface area contributed by atoms with E-state index in [4.69, 9.17) is 0 Å². The molecule has 2 heteroatoms. The summed E-state index contributed by atoms with van der Waals surface area (Å²) in [6, 6.07) is 0. The fourth-order valence-corrected chi connectivity index (χ4v) is 1.60. The van der Waals surface area contributed by atoms with Gasteiger partial charge < -0.3 is 5.32 Å². The van der Waals surface area contributed by atoms with Crippen LogP contribution in [0.1, 0.15) is 33.1 Å². The minimum Gasteiger partial charge on any atom is -0.305 e. The molecule has 0 aromatic rings. The molecule has 1 fully saturated rings. The van der Waals surface area contributed by atoms with Crippen LogP contribution in [0, 0.1) is 0 Å². The summed E-state index contributed by atoms with van der Waals surface area (Å²) in [7, 11) is 0. The van der Waals surface area contributed by atoms with Crippen molar-refractivity contribution in [2.45, 2.75) is 38.6 Å². The van der Waals surface area contributed by atoms with E-state index in [1.165, 1.54) is 0 Å². The van der Waals surface area contributed by atoms with Crippen molar-refractivity contribution in [1.29, 1.82) is 0 Å². The number of allylic oxidation sites excluding steroid dienone is 1. The Labute approximate surface area is 74.0 Å². The molecule has 0 spiro atoms. The van der Waals surface area contributed by atoms with E-state index >= 15 is 0 Å². The van der Waals surface area contributed by atoms with Crippen molar-refractivity contribution >= 4 is 5.78 Å². The lowest BCUT2D eigenvalue weighted by Gasteiger charge is -2.22. The molecule has 1 rings (SSSR count). The highest BCUT2D eigenvalue weighted by atomic mass is 16.1. The number of hydrogen-bond acceptors (Lipinski definition) is 2. The largest absolute Gasteiger partial charge is 0.305 e. The first-order valence-electron chi connectivity index (χ1n) is 4.47. The van der Waals surface area contributed by atoms with E-state index in [1.54, 1.807) is 0 Å². The van der Waals surface area contributed by atoms with Crippen molar-refractivity contribution in [1.82, 2.24) is 5.32 Å². The maximum Gasteiger partial charge on any atom is 0.156 e. The molecule has 0 radical (unpaired) electrons. The van der Waals surface area contributed by atoms with E-state index in [2.05, 4.69) is 11.9 Å². The van der Waals surface area contributed by atoms with Gasteiger partial charge >= 0.3 is 0 Å². The topological polar surface area (TPSA) is 29.1 Å². The van der Waals surface area contributed by atoms with Crippen LogP contribution in [0.3, 0.4) is 0 Å². The fourth-order valence-electron chi connectivity index (χ4n) is 1.60. The van der Waals surface area contributed by atoms with Gasteiger partial charge in [-0.25, -0.2) is 0 Å². The molecule has 0 aliphatic carbocycles. The second-order valence-electron chi connectivity index (χ2n) is 3.92. The van der Waals surface area contributed by atoms with Crippen LogP contribution in [0.5, 0.6) is 0 Å². The summed E-state index contributed by atoms with van der Waals surface area (Å²) >= 11 is 0. The van der Waals surface area contributed by atoms with Crippen LogP contribution >= 0.6 is 0 Å². The highest BCUT2D eigenvalue weighted by molar-refractivity contribution is 5.89. The summed E-state index contributed by atoms with van der Waals surface area (Å²) in [4.78, 5) is 11.7. The second-order valence-corrected chi connectivity index (χ2v) is 3.92. The lowest BCUT2D eigenvalue weighted by atomic mass is 9.91. The van der Waals surface area contributed by atoms with Gasteiger partial charge in [0.05, 0.1) is 5.54 Å². The summed E-state index contributed by atoms with van der Waals surface area (Å²) in [6.07, 6.45) is 2.60. The van der Waals surface area contributed by atoms with Crippen molar-refractivity contribution in [2.24, 2.45) is 0 Å². The van der Waals surface area contributed by atoms with Crippen LogP contribution < -0.4 is 5.32 Å². The molecule has 68 valence electrons. The zero-order valence-electron chi connectivity index (χ0n) is 7.94. The van der Waals surface area contributed by atoms with Gasteiger partial charge in [0, 0.05) is 6.42 Å². The maximum absolute atomic E-state index is 11.7. The average molecular weight is 167 g/mol. The zero-order chi connectivity index (χ0) is 9.19. The fraction of sp³-hybridized carbons (Fsp3) is 0.700. The second kappa shape index (κ2) is 3.40. The molecule has 0 saturated carbocycles. The van der Waals surface area contributed by atoms with Gasteiger partial charge in [-0.2, -0.15) is 0 Å². The summed E-state index contributed by atoms with van der Waals surface area (Å²) in [5.41, 5.74) is 0.689. The van der Waals surface area contributed by atoms with E-state index in [0.29, 0.717) is 6.42 Å². The van der Waals surface area contributed by atoms with Gasteiger partial charge in [0.1, 0.15) is 0 Å². The summed E-state index contributed by atoms with van der Waals surface area (Å²) in [6.45, 7) is 8.61. The molecule has 1 aliphatic rings. The molecule has 2 nitrogen and oxygen atoms in total. The monoisotopic (exact) mass is 167 g/mol. The molecule has 1 atom stereocenters. The Morgan fingerprint density at radius 1 is 1.67 bits per heavy atom. The Hall–Kier alpha value is -0.630. The molecular weight excluding hydrogens is 150 g/mol. The molecule has 1 unspecified atom stereocenters. The minimum absolute atomic E-state index is 0.265. The first-order chi connectivity index (χ1) is 5.54. The van der Waals surface area contributed by atoms with Gasteiger partial charge in [-0.15, -0.1) is 0 Å². The predicted octanol–water partition coefficient (Wildman–Crippen LogP) is 1.66. The molecule has 0 bridgehead atoms. The first kappa shape index (κ1) is 9.46. The maximum atomic E-state index is 11.7. The smallest absolute Gasteiger partial charge is 0.156 e. The summed E-state index contributed by atoms with van der Waals surface area (Å²) < 4.78 is 0. The summed E-state index contributed by atoms with van der Waals surface area (Å²) in [5, 5.41) is 3.25. The Bertz CT molecular complexity index is 202. The number of Topliss-reactive ketones (excluding diaryl/α,β-unsaturated/α-hetero) is 1. The third-order valence-electron chi connectivity index (χ3n) is 2.45. The van der Waals surface area contributed by atoms with Crippen molar-refractivity contribution in [3.63, 3.8) is 0 Å². The van der Waals surface area contributed by atoms with Gasteiger partial charge in [-0.3, -0.25) is 4.79 Å². The molecule has 0 aromatic carbocycles. The van der Waals surface area contributed by atoms with Crippen LogP contribution in [-0.4, -0.2) is 17.9 Å². The molecular formula is C10H17NO.